The molecule has 114 valence electrons. The van der Waals surface area contributed by atoms with E-state index in [1.807, 2.05) is 13.1 Å². The first-order valence-electron chi connectivity index (χ1n) is 7.08. The Morgan fingerprint density at radius 3 is 2.90 bits per heavy atom. The number of benzene rings is 1. The van der Waals surface area contributed by atoms with E-state index in [2.05, 4.69) is 16.8 Å². The van der Waals surface area contributed by atoms with Gasteiger partial charge in [-0.25, -0.2) is 9.18 Å². The van der Waals surface area contributed by atoms with Gasteiger partial charge in [-0.3, -0.25) is 0 Å². The van der Waals surface area contributed by atoms with Gasteiger partial charge in [0.05, 0.1) is 0 Å². The fourth-order valence-corrected chi connectivity index (χ4v) is 2.73. The number of aliphatic carboxylic acids is 1. The van der Waals surface area contributed by atoms with E-state index in [4.69, 9.17) is 5.11 Å². The lowest BCUT2D eigenvalue weighted by atomic mass is 10.0. The normalized spacial score (nSPS) is 19.9. The van der Waals surface area contributed by atoms with Crippen LogP contribution >= 0.6 is 0 Å². The van der Waals surface area contributed by atoms with Gasteiger partial charge in [0.1, 0.15) is 5.82 Å². The molecule has 1 N–H and O–H groups in total. The lowest BCUT2D eigenvalue weighted by molar-refractivity contribution is -0.131. The van der Waals surface area contributed by atoms with Gasteiger partial charge in [-0.2, -0.15) is 0 Å². The van der Waals surface area contributed by atoms with Crippen molar-refractivity contribution >= 4 is 17.7 Å². The third kappa shape index (κ3) is 4.29. The van der Waals surface area contributed by atoms with Crippen LogP contribution in [0, 0.1) is 5.82 Å². The maximum absolute atomic E-state index is 13.7. The van der Waals surface area contributed by atoms with Crippen LogP contribution in [-0.2, 0) is 4.79 Å². The van der Waals surface area contributed by atoms with Gasteiger partial charge in [-0.15, -0.1) is 0 Å². The number of likely N-dealkylation sites (tertiary alicyclic amines) is 1. The number of halogens is 1. The third-order valence-corrected chi connectivity index (χ3v) is 3.88. The monoisotopic (exact) mass is 292 g/mol. The van der Waals surface area contributed by atoms with E-state index in [9.17, 15) is 9.18 Å². The Morgan fingerprint density at radius 2 is 2.24 bits per heavy atom. The number of carboxylic acid groups (broad SMARTS) is 1. The standard InChI is InChI=1S/C16H21FN2O2/c1-18-7-3-4-14(11-18)19(2)15-9-12(5-6-16(20)21)8-13(17)10-15/h5-6,8-10,14H,3-4,7,11H2,1-2H3,(H,20,21)/b6-5+. The van der Waals surface area contributed by atoms with Crippen LogP contribution in [0.15, 0.2) is 24.3 Å². The van der Waals surface area contributed by atoms with Crippen molar-refractivity contribution in [2.24, 2.45) is 0 Å². The van der Waals surface area contributed by atoms with E-state index in [1.165, 1.54) is 18.2 Å². The van der Waals surface area contributed by atoms with Gasteiger partial charge in [0.2, 0.25) is 0 Å². The van der Waals surface area contributed by atoms with Crippen molar-refractivity contribution in [1.29, 1.82) is 0 Å². The van der Waals surface area contributed by atoms with Crippen molar-refractivity contribution in [2.45, 2.75) is 18.9 Å². The van der Waals surface area contributed by atoms with Crippen molar-refractivity contribution in [3.05, 3.63) is 35.7 Å². The van der Waals surface area contributed by atoms with E-state index < -0.39 is 5.97 Å². The Balaban J connectivity index is 2.20. The summed E-state index contributed by atoms with van der Waals surface area (Å²) in [5, 5.41) is 8.66. The Bertz CT molecular complexity index is 545. The molecule has 1 fully saturated rings. The molecule has 4 nitrogen and oxygen atoms in total. The molecule has 21 heavy (non-hydrogen) atoms. The number of piperidine rings is 1. The summed E-state index contributed by atoms with van der Waals surface area (Å²) in [6, 6.07) is 5.00. The largest absolute Gasteiger partial charge is 0.478 e. The van der Waals surface area contributed by atoms with Crippen molar-refractivity contribution in [3.63, 3.8) is 0 Å². The second-order valence-corrected chi connectivity index (χ2v) is 5.58. The minimum atomic E-state index is -1.04. The highest BCUT2D eigenvalue weighted by Crippen LogP contribution is 2.24. The minimum absolute atomic E-state index is 0.349. The average Bonchev–Trinajstić information content (AvgIpc) is 2.43. The second-order valence-electron chi connectivity index (χ2n) is 5.58. The molecule has 1 aliphatic heterocycles. The molecule has 0 aliphatic carbocycles. The maximum atomic E-state index is 13.7. The lowest BCUT2D eigenvalue weighted by Gasteiger charge is -2.37. The quantitative estimate of drug-likeness (QED) is 0.866. The number of carbonyl (C=O) groups is 1. The van der Waals surface area contributed by atoms with Crippen LogP contribution in [0.25, 0.3) is 6.08 Å². The number of nitrogens with zero attached hydrogens (tertiary/aromatic N) is 2. The molecule has 0 amide bonds. The first kappa shape index (κ1) is 15.5. The van der Waals surface area contributed by atoms with E-state index in [1.54, 1.807) is 0 Å². The van der Waals surface area contributed by atoms with Crippen LogP contribution in [0.1, 0.15) is 18.4 Å². The summed E-state index contributed by atoms with van der Waals surface area (Å²) < 4.78 is 13.7. The first-order chi connectivity index (χ1) is 9.95. The van der Waals surface area contributed by atoms with Crippen LogP contribution in [-0.4, -0.2) is 49.2 Å². The van der Waals surface area contributed by atoms with Crippen LogP contribution < -0.4 is 4.90 Å². The molecule has 1 saturated heterocycles. The zero-order valence-electron chi connectivity index (χ0n) is 12.4. The molecule has 1 unspecified atom stereocenters. The summed E-state index contributed by atoms with van der Waals surface area (Å²) in [5.74, 6) is -1.39. The summed E-state index contributed by atoms with van der Waals surface area (Å²) in [7, 11) is 4.05. The van der Waals surface area contributed by atoms with Gasteiger partial charge >= 0.3 is 5.97 Å². The first-order valence-corrected chi connectivity index (χ1v) is 7.08. The van der Waals surface area contributed by atoms with Gasteiger partial charge < -0.3 is 14.9 Å². The highest BCUT2D eigenvalue weighted by molar-refractivity contribution is 5.85. The fourth-order valence-electron chi connectivity index (χ4n) is 2.73. The van der Waals surface area contributed by atoms with Gasteiger partial charge in [0.15, 0.2) is 0 Å². The topological polar surface area (TPSA) is 43.8 Å². The molecule has 1 aromatic rings. The molecular weight excluding hydrogens is 271 g/mol. The van der Waals surface area contributed by atoms with Gasteiger partial charge in [0.25, 0.3) is 0 Å². The predicted molar refractivity (Wildman–Crippen MR) is 82.0 cm³/mol. The minimum Gasteiger partial charge on any atom is -0.478 e. The number of hydrogen-bond donors (Lipinski definition) is 1. The zero-order chi connectivity index (χ0) is 15.4. The molecular formula is C16H21FN2O2. The van der Waals surface area contributed by atoms with E-state index >= 15 is 0 Å². The Morgan fingerprint density at radius 1 is 1.48 bits per heavy atom. The van der Waals surface area contributed by atoms with E-state index in [0.717, 1.165) is 37.7 Å². The highest BCUT2D eigenvalue weighted by Gasteiger charge is 2.21. The summed E-state index contributed by atoms with van der Waals surface area (Å²) in [6.45, 7) is 2.05. The predicted octanol–water partition coefficient (Wildman–Crippen LogP) is 2.45. The van der Waals surface area contributed by atoms with Crippen molar-refractivity contribution in [1.82, 2.24) is 4.90 Å². The second kappa shape index (κ2) is 6.72. The molecule has 5 heteroatoms. The Labute approximate surface area is 124 Å². The maximum Gasteiger partial charge on any atom is 0.328 e. The van der Waals surface area contributed by atoms with Crippen molar-refractivity contribution < 1.29 is 14.3 Å². The highest BCUT2D eigenvalue weighted by atomic mass is 19.1. The summed E-state index contributed by atoms with van der Waals surface area (Å²) >= 11 is 0. The molecule has 1 aromatic carbocycles. The lowest BCUT2D eigenvalue weighted by Crippen LogP contribution is -2.45. The van der Waals surface area contributed by atoms with Gasteiger partial charge in [-0.05, 0) is 56.3 Å². The molecule has 1 atom stereocenters. The molecule has 2 rings (SSSR count). The third-order valence-electron chi connectivity index (χ3n) is 3.88. The van der Waals surface area contributed by atoms with Crippen LogP contribution in [0.2, 0.25) is 0 Å². The number of hydrogen-bond acceptors (Lipinski definition) is 3. The van der Waals surface area contributed by atoms with Crippen molar-refractivity contribution in [2.75, 3.05) is 32.1 Å². The van der Waals surface area contributed by atoms with Gasteiger partial charge in [-0.1, -0.05) is 0 Å². The molecule has 1 aliphatic rings. The molecule has 0 spiro atoms. The van der Waals surface area contributed by atoms with E-state index in [0.29, 0.717) is 11.6 Å². The smallest absolute Gasteiger partial charge is 0.328 e. The molecule has 0 aromatic heterocycles. The number of likely N-dealkylation sites (N-methyl/N-ethyl adjacent to an activating group) is 2. The van der Waals surface area contributed by atoms with Crippen LogP contribution in [0.5, 0.6) is 0 Å². The molecule has 0 bridgehead atoms. The summed E-state index contributed by atoms with van der Waals surface area (Å²) in [4.78, 5) is 14.9. The molecule has 0 radical (unpaired) electrons. The van der Waals surface area contributed by atoms with Crippen molar-refractivity contribution in [3.8, 4) is 0 Å². The number of carboxylic acids is 1. The van der Waals surface area contributed by atoms with Crippen LogP contribution in [0.4, 0.5) is 10.1 Å². The fraction of sp³-hybridized carbons (Fsp3) is 0.438. The zero-order valence-corrected chi connectivity index (χ0v) is 12.4. The summed E-state index contributed by atoms with van der Waals surface area (Å²) in [5.41, 5.74) is 1.34. The number of anilines is 1. The SMILES string of the molecule is CN1CCCC(N(C)c2cc(F)cc(/C=C/C(=O)O)c2)C1. The van der Waals surface area contributed by atoms with Crippen LogP contribution in [0.3, 0.4) is 0 Å². The Kier molecular flexibility index (Phi) is 4.96. The molecule has 1 heterocycles. The Hall–Kier alpha value is -1.88. The number of rotatable bonds is 4. The van der Waals surface area contributed by atoms with Gasteiger partial charge in [0, 0.05) is 31.4 Å². The summed E-state index contributed by atoms with van der Waals surface area (Å²) in [6.07, 6.45) is 4.65. The van der Waals surface area contributed by atoms with E-state index in [-0.39, 0.29) is 5.82 Å². The average molecular weight is 292 g/mol. The molecule has 0 saturated carbocycles.